The Bertz CT molecular complexity index is 291. The summed E-state index contributed by atoms with van der Waals surface area (Å²) in [5, 5.41) is 0. The standard InChI is InChI=1S/C7H13NO2.C7H15NO.Al.Li.4H/c1-3-8-6(2)4-10-5-7(8)9;1-3-8-4-5-9-6-7(8)2;;;;;;/h6H,3-5H2,1-2H3;7H,3-6H2,1-2H3;;;;;;/q;;;+1;;;;-1/t6-;7-;;;;;;/m00....../s1. The summed E-state index contributed by atoms with van der Waals surface area (Å²) >= 11 is 0. The van der Waals surface area contributed by atoms with Crippen LogP contribution >= 0.6 is 0 Å². The molecule has 0 saturated carbocycles. The molecule has 2 heterocycles. The van der Waals surface area contributed by atoms with Crippen molar-refractivity contribution < 1.29 is 34.6 Å². The zero-order chi connectivity index (χ0) is 14.3. The van der Waals surface area contributed by atoms with Crippen LogP contribution in [0.15, 0.2) is 0 Å². The summed E-state index contributed by atoms with van der Waals surface area (Å²) in [5.74, 6) is 0.112. The van der Waals surface area contributed by atoms with Crippen LogP contribution in [0.3, 0.4) is 0 Å². The van der Waals surface area contributed by atoms with E-state index in [1.807, 2.05) is 18.7 Å². The maximum atomic E-state index is 11.0. The molecular weight excluding hydrogens is 278 g/mol. The molecule has 0 spiro atoms. The van der Waals surface area contributed by atoms with E-state index in [1.54, 1.807) is 0 Å². The van der Waals surface area contributed by atoms with E-state index in [9.17, 15) is 4.79 Å². The minimum Gasteiger partial charge on any atom is -1.00 e. The van der Waals surface area contributed by atoms with E-state index in [1.165, 1.54) is 0 Å². The van der Waals surface area contributed by atoms with Crippen molar-refractivity contribution in [1.82, 2.24) is 9.80 Å². The van der Waals surface area contributed by atoms with Crippen molar-refractivity contribution in [2.45, 2.75) is 39.8 Å². The fourth-order valence-corrected chi connectivity index (χ4v) is 2.45. The number of morpholine rings is 2. The molecule has 5 nitrogen and oxygen atoms in total. The van der Waals surface area contributed by atoms with Crippen LogP contribution in [0.1, 0.15) is 29.1 Å². The fourth-order valence-electron chi connectivity index (χ4n) is 2.45. The van der Waals surface area contributed by atoms with E-state index in [0.29, 0.717) is 12.6 Å². The number of likely N-dealkylation sites (N-methyl/N-ethyl adjacent to an activating group) is 2. The van der Waals surface area contributed by atoms with Crippen LogP contribution in [0.4, 0.5) is 0 Å². The van der Waals surface area contributed by atoms with Crippen molar-refractivity contribution >= 4 is 23.3 Å². The van der Waals surface area contributed by atoms with E-state index in [-0.39, 0.29) is 56.2 Å². The molecular formula is C14H32AlLiN2O3. The molecule has 0 N–H and O–H groups in total. The van der Waals surface area contributed by atoms with Crippen LogP contribution in [-0.4, -0.2) is 91.2 Å². The van der Waals surface area contributed by atoms with Crippen molar-refractivity contribution in [1.29, 1.82) is 0 Å². The zero-order valence-electron chi connectivity index (χ0n) is 14.7. The molecule has 21 heavy (non-hydrogen) atoms. The Morgan fingerprint density at radius 2 is 1.76 bits per heavy atom. The number of amides is 1. The molecule has 0 aromatic heterocycles. The monoisotopic (exact) mass is 310 g/mol. The first-order valence-corrected chi connectivity index (χ1v) is 7.29. The molecule has 2 saturated heterocycles. The summed E-state index contributed by atoms with van der Waals surface area (Å²) in [4.78, 5) is 15.3. The molecule has 7 heteroatoms. The van der Waals surface area contributed by atoms with Crippen LogP contribution in [-0.2, 0) is 14.3 Å². The van der Waals surface area contributed by atoms with Gasteiger partial charge in [0, 0.05) is 19.1 Å². The molecule has 0 unspecified atom stereocenters. The van der Waals surface area contributed by atoms with Gasteiger partial charge < -0.3 is 15.8 Å². The third kappa shape index (κ3) is 8.05. The average Bonchev–Trinajstić information content (AvgIpc) is 2.40. The minimum atomic E-state index is 0. The van der Waals surface area contributed by atoms with Gasteiger partial charge in [-0.3, -0.25) is 9.69 Å². The van der Waals surface area contributed by atoms with Crippen LogP contribution in [0.2, 0.25) is 0 Å². The first kappa shape index (κ1) is 23.7. The SMILES string of the molecule is CCN1C(=O)COC[C@@H]1C.CCN1CCOC[C@@H]1C.[AlH3].[H-].[Li+]. The largest absolute Gasteiger partial charge is 1.00 e. The predicted molar refractivity (Wildman–Crippen MR) is 86.2 cm³/mol. The van der Waals surface area contributed by atoms with E-state index in [4.69, 9.17) is 9.47 Å². The molecule has 120 valence electrons. The van der Waals surface area contributed by atoms with Gasteiger partial charge in [0.1, 0.15) is 6.61 Å². The number of hydrogen-bond donors (Lipinski definition) is 0. The van der Waals surface area contributed by atoms with Gasteiger partial charge in [-0.1, -0.05) is 6.92 Å². The van der Waals surface area contributed by atoms with Gasteiger partial charge in [0.05, 0.1) is 25.9 Å². The van der Waals surface area contributed by atoms with Crippen molar-refractivity contribution in [3.63, 3.8) is 0 Å². The molecule has 0 aromatic rings. The summed E-state index contributed by atoms with van der Waals surface area (Å²) in [7, 11) is 0. The molecule has 0 aromatic carbocycles. The topological polar surface area (TPSA) is 42.0 Å². The molecule has 0 bridgehead atoms. The number of ether oxygens (including phenoxy) is 2. The third-order valence-electron chi connectivity index (χ3n) is 3.69. The van der Waals surface area contributed by atoms with E-state index >= 15 is 0 Å². The summed E-state index contributed by atoms with van der Waals surface area (Å²) in [6, 6.07) is 0.884. The molecule has 2 atom stereocenters. The molecule has 0 radical (unpaired) electrons. The minimum absolute atomic E-state index is 0. The first-order valence-electron chi connectivity index (χ1n) is 7.29. The summed E-state index contributed by atoms with van der Waals surface area (Å²) in [6.07, 6.45) is 0. The number of nitrogens with zero attached hydrogens (tertiary/aromatic N) is 2. The van der Waals surface area contributed by atoms with Crippen LogP contribution < -0.4 is 18.9 Å². The molecule has 0 aliphatic carbocycles. The van der Waals surface area contributed by atoms with Gasteiger partial charge in [0.2, 0.25) is 5.91 Å². The predicted octanol–water partition coefficient (Wildman–Crippen LogP) is -3.09. The van der Waals surface area contributed by atoms with E-state index < -0.39 is 0 Å². The Morgan fingerprint density at radius 3 is 2.14 bits per heavy atom. The fraction of sp³-hybridized carbons (Fsp3) is 0.929. The smallest absolute Gasteiger partial charge is 1.00 e. The molecule has 2 aliphatic heterocycles. The number of carbonyl (C=O) groups is 1. The Kier molecular flexibility index (Phi) is 14.7. The Balaban J connectivity index is -0.000000290. The normalized spacial score (nSPS) is 26.1. The number of carbonyl (C=O) groups excluding carboxylic acids is 1. The Labute approximate surface area is 153 Å². The maximum Gasteiger partial charge on any atom is 1.00 e. The average molecular weight is 310 g/mol. The van der Waals surface area contributed by atoms with Gasteiger partial charge in [-0.15, -0.1) is 0 Å². The molecule has 2 aliphatic rings. The Morgan fingerprint density at radius 1 is 1.14 bits per heavy atom. The number of hydrogen-bond acceptors (Lipinski definition) is 4. The summed E-state index contributed by atoms with van der Waals surface area (Å²) in [5.41, 5.74) is 0. The van der Waals surface area contributed by atoms with Crippen molar-refractivity contribution in [3.8, 4) is 0 Å². The Hall–Kier alpha value is 0.480. The molecule has 1 amide bonds. The van der Waals surface area contributed by atoms with Gasteiger partial charge >= 0.3 is 18.9 Å². The van der Waals surface area contributed by atoms with Crippen LogP contribution in [0.5, 0.6) is 0 Å². The van der Waals surface area contributed by atoms with Crippen molar-refractivity contribution in [3.05, 3.63) is 0 Å². The van der Waals surface area contributed by atoms with Gasteiger partial charge in [0.15, 0.2) is 17.4 Å². The van der Waals surface area contributed by atoms with Gasteiger partial charge in [-0.25, -0.2) is 0 Å². The molecule has 2 fully saturated rings. The second-order valence-corrected chi connectivity index (χ2v) is 5.10. The zero-order valence-corrected chi connectivity index (χ0v) is 13.7. The second-order valence-electron chi connectivity index (χ2n) is 5.10. The van der Waals surface area contributed by atoms with Crippen molar-refractivity contribution in [2.75, 3.05) is 46.1 Å². The van der Waals surface area contributed by atoms with Gasteiger partial charge in [-0.05, 0) is 27.3 Å². The first-order chi connectivity index (χ1) is 9.10. The summed E-state index contributed by atoms with van der Waals surface area (Å²) in [6.45, 7) is 14.2. The quantitative estimate of drug-likeness (QED) is 0.507. The maximum absolute atomic E-state index is 11.0. The molecule has 2 rings (SSSR count). The van der Waals surface area contributed by atoms with Gasteiger partial charge in [0.25, 0.3) is 0 Å². The number of rotatable bonds is 2. The van der Waals surface area contributed by atoms with Crippen molar-refractivity contribution in [2.24, 2.45) is 0 Å². The van der Waals surface area contributed by atoms with E-state index in [2.05, 4.69) is 18.7 Å². The van der Waals surface area contributed by atoms with E-state index in [0.717, 1.165) is 32.8 Å². The van der Waals surface area contributed by atoms with Crippen LogP contribution in [0.25, 0.3) is 0 Å². The van der Waals surface area contributed by atoms with Crippen LogP contribution in [0, 0.1) is 0 Å². The van der Waals surface area contributed by atoms with Gasteiger partial charge in [-0.2, -0.15) is 0 Å². The summed E-state index contributed by atoms with van der Waals surface area (Å²) < 4.78 is 10.3. The third-order valence-corrected chi connectivity index (χ3v) is 3.69. The second kappa shape index (κ2) is 13.0.